The predicted molar refractivity (Wildman–Crippen MR) is 94.9 cm³/mol. The number of hydrogen-bond acceptors (Lipinski definition) is 6. The van der Waals surface area contributed by atoms with E-state index in [0.29, 0.717) is 23.6 Å². The number of halogens is 2. The minimum absolute atomic E-state index is 0.0438. The number of nitrogens with zero attached hydrogens (tertiary/aromatic N) is 4. The monoisotopic (exact) mass is 362 g/mol. The fraction of sp³-hybridized carbons (Fsp3) is 0.353. The van der Waals surface area contributed by atoms with Crippen molar-refractivity contribution in [3.05, 3.63) is 36.3 Å². The number of rotatable bonds is 8. The molecule has 138 valence electrons. The zero-order valence-corrected chi connectivity index (χ0v) is 14.6. The average Bonchev–Trinajstić information content (AvgIpc) is 2.55. The van der Waals surface area contributed by atoms with Gasteiger partial charge in [-0.25, -0.2) is 0 Å². The minimum atomic E-state index is -1.17. The molecule has 1 heterocycles. The molecule has 2 rings (SSSR count). The summed E-state index contributed by atoms with van der Waals surface area (Å²) in [6.07, 6.45) is 1.94. The maximum Gasteiger partial charge on any atom is 0.313 e. The Morgan fingerprint density at radius 3 is 2.69 bits per heavy atom. The number of hydrogen-bond donors (Lipinski definition) is 2. The van der Waals surface area contributed by atoms with Gasteiger partial charge in [0, 0.05) is 18.7 Å². The Morgan fingerprint density at radius 1 is 1.19 bits per heavy atom. The molecule has 2 aromatic rings. The maximum atomic E-state index is 13.2. The first-order valence-corrected chi connectivity index (χ1v) is 8.24. The third-order valence-electron chi connectivity index (χ3n) is 3.29. The van der Waals surface area contributed by atoms with Crippen LogP contribution in [0.4, 0.5) is 31.7 Å². The summed E-state index contributed by atoms with van der Waals surface area (Å²) >= 11 is 0. The van der Waals surface area contributed by atoms with Gasteiger partial charge in [0.2, 0.25) is 11.9 Å². The molecule has 0 aliphatic carbocycles. The van der Waals surface area contributed by atoms with Crippen molar-refractivity contribution in [2.24, 2.45) is 10.2 Å². The van der Waals surface area contributed by atoms with Crippen molar-refractivity contribution in [1.29, 1.82) is 0 Å². The number of benzene rings is 1. The van der Waals surface area contributed by atoms with E-state index in [1.165, 1.54) is 6.92 Å². The quantitative estimate of drug-likeness (QED) is 0.307. The average molecular weight is 362 g/mol. The minimum Gasteiger partial charge on any atom is -0.340 e. The van der Waals surface area contributed by atoms with Crippen LogP contribution in [0.5, 0.6) is 0 Å². The molecule has 0 saturated carbocycles. The molecule has 1 amide bonds. The zero-order valence-electron chi connectivity index (χ0n) is 14.6. The van der Waals surface area contributed by atoms with Crippen LogP contribution in [0.3, 0.4) is 0 Å². The smallest absolute Gasteiger partial charge is 0.313 e. The number of nitrogens with one attached hydrogen (secondary N) is 2. The Morgan fingerprint density at radius 2 is 2.00 bits per heavy atom. The second kappa shape index (κ2) is 9.50. The van der Waals surface area contributed by atoms with Gasteiger partial charge in [-0.15, -0.1) is 0 Å². The van der Waals surface area contributed by atoms with E-state index >= 15 is 0 Å². The third kappa shape index (κ3) is 6.15. The summed E-state index contributed by atoms with van der Waals surface area (Å²) in [5, 5.41) is 13.7. The van der Waals surface area contributed by atoms with E-state index in [4.69, 9.17) is 0 Å². The van der Waals surface area contributed by atoms with Crippen LogP contribution in [0.1, 0.15) is 33.1 Å². The van der Waals surface area contributed by atoms with E-state index in [1.807, 2.05) is 0 Å². The largest absolute Gasteiger partial charge is 0.340 e. The molecule has 0 unspecified atom stereocenters. The van der Waals surface area contributed by atoms with Crippen molar-refractivity contribution in [2.75, 3.05) is 17.2 Å². The lowest BCUT2D eigenvalue weighted by atomic mass is 10.2. The van der Waals surface area contributed by atoms with Gasteiger partial charge in [-0.05, 0) is 24.6 Å². The molecule has 0 fully saturated rings. The number of aromatic nitrogens is 2. The van der Waals surface area contributed by atoms with Crippen LogP contribution in [0.25, 0.3) is 0 Å². The van der Waals surface area contributed by atoms with E-state index in [9.17, 15) is 13.6 Å². The maximum absolute atomic E-state index is 13.2. The molecule has 2 N–H and O–H groups in total. The summed E-state index contributed by atoms with van der Waals surface area (Å²) in [4.78, 5) is 17.8. The SMILES string of the molecule is CCCCC/N=N/c1ccc(Nc2cc(F)nc(F)n2)cc1NC(C)=O. The van der Waals surface area contributed by atoms with Gasteiger partial charge in [0.1, 0.15) is 11.5 Å². The molecule has 0 saturated heterocycles. The van der Waals surface area contributed by atoms with E-state index in [2.05, 4.69) is 37.8 Å². The van der Waals surface area contributed by atoms with Crippen LogP contribution in [0.15, 0.2) is 34.5 Å². The van der Waals surface area contributed by atoms with Crippen molar-refractivity contribution in [1.82, 2.24) is 9.97 Å². The van der Waals surface area contributed by atoms with Crippen LogP contribution < -0.4 is 10.6 Å². The Labute approximate surface area is 150 Å². The highest BCUT2D eigenvalue weighted by Gasteiger charge is 2.08. The standard InChI is InChI=1S/C17H20F2N6O/c1-3-4-5-8-20-25-13-7-6-12(9-14(13)21-11(2)26)22-16-10-15(18)23-17(19)24-16/h6-7,9-10H,3-5,8H2,1-2H3,(H,21,26)(H,22,23,24)/b25-20+. The molecule has 26 heavy (non-hydrogen) atoms. The molecule has 0 atom stereocenters. The number of amides is 1. The van der Waals surface area contributed by atoms with Crippen LogP contribution in [-0.4, -0.2) is 22.4 Å². The van der Waals surface area contributed by atoms with E-state index in [-0.39, 0.29) is 11.7 Å². The van der Waals surface area contributed by atoms with Gasteiger partial charge in [0.15, 0.2) is 0 Å². The van der Waals surface area contributed by atoms with Gasteiger partial charge in [-0.1, -0.05) is 19.8 Å². The Bertz CT molecular complexity index is 777. The molecule has 0 aliphatic heterocycles. The first-order valence-electron chi connectivity index (χ1n) is 8.24. The van der Waals surface area contributed by atoms with Gasteiger partial charge in [-0.2, -0.15) is 29.0 Å². The van der Waals surface area contributed by atoms with Crippen LogP contribution in [-0.2, 0) is 4.79 Å². The lowest BCUT2D eigenvalue weighted by molar-refractivity contribution is -0.114. The van der Waals surface area contributed by atoms with Crippen molar-refractivity contribution in [3.63, 3.8) is 0 Å². The predicted octanol–water partition coefficient (Wildman–Crippen LogP) is 4.73. The lowest BCUT2D eigenvalue weighted by Crippen LogP contribution is -2.06. The fourth-order valence-electron chi connectivity index (χ4n) is 2.15. The Hall–Kier alpha value is -2.97. The molecule has 9 heteroatoms. The molecule has 0 radical (unpaired) electrons. The van der Waals surface area contributed by atoms with Gasteiger partial charge < -0.3 is 10.6 Å². The van der Waals surface area contributed by atoms with Crippen molar-refractivity contribution in [2.45, 2.75) is 33.1 Å². The Balaban J connectivity index is 2.19. The molecule has 0 spiro atoms. The molecule has 0 bridgehead atoms. The normalized spacial score (nSPS) is 10.9. The summed E-state index contributed by atoms with van der Waals surface area (Å²) in [6, 6.07) is 5.83. The van der Waals surface area contributed by atoms with Gasteiger partial charge >= 0.3 is 6.08 Å². The number of carbonyl (C=O) groups is 1. The molecular formula is C17H20F2N6O. The highest BCUT2D eigenvalue weighted by atomic mass is 19.1. The highest BCUT2D eigenvalue weighted by Crippen LogP contribution is 2.30. The molecule has 0 aliphatic rings. The third-order valence-corrected chi connectivity index (χ3v) is 3.29. The van der Waals surface area contributed by atoms with Crippen LogP contribution >= 0.6 is 0 Å². The summed E-state index contributed by atoms with van der Waals surface area (Å²) in [7, 11) is 0. The van der Waals surface area contributed by atoms with E-state index in [0.717, 1.165) is 25.3 Å². The summed E-state index contributed by atoms with van der Waals surface area (Å²) in [5.41, 5.74) is 1.38. The first kappa shape index (κ1) is 19.4. The van der Waals surface area contributed by atoms with E-state index < -0.39 is 12.0 Å². The van der Waals surface area contributed by atoms with Crippen LogP contribution in [0, 0.1) is 12.0 Å². The Kier molecular flexibility index (Phi) is 7.07. The van der Waals surface area contributed by atoms with Gasteiger partial charge in [0.25, 0.3) is 0 Å². The number of unbranched alkanes of at least 4 members (excludes halogenated alkanes) is 2. The van der Waals surface area contributed by atoms with Crippen molar-refractivity contribution < 1.29 is 13.6 Å². The summed E-state index contributed by atoms with van der Waals surface area (Å²) in [6.45, 7) is 4.08. The number of azo groups is 1. The molecule has 1 aromatic carbocycles. The van der Waals surface area contributed by atoms with Gasteiger partial charge in [-0.3, -0.25) is 4.79 Å². The second-order valence-corrected chi connectivity index (χ2v) is 5.56. The first-order chi connectivity index (χ1) is 12.5. The zero-order chi connectivity index (χ0) is 18.9. The second-order valence-electron chi connectivity index (χ2n) is 5.56. The number of anilines is 3. The topological polar surface area (TPSA) is 91.6 Å². The lowest BCUT2D eigenvalue weighted by Gasteiger charge is -2.10. The molecule has 1 aromatic heterocycles. The van der Waals surface area contributed by atoms with Crippen molar-refractivity contribution in [3.8, 4) is 0 Å². The van der Waals surface area contributed by atoms with Crippen LogP contribution in [0.2, 0.25) is 0 Å². The summed E-state index contributed by atoms with van der Waals surface area (Å²) in [5.74, 6) is -1.30. The molecular weight excluding hydrogens is 342 g/mol. The highest BCUT2D eigenvalue weighted by molar-refractivity contribution is 5.93. The van der Waals surface area contributed by atoms with Gasteiger partial charge in [0.05, 0.1) is 12.2 Å². The molecule has 7 nitrogen and oxygen atoms in total. The fourth-order valence-corrected chi connectivity index (χ4v) is 2.15. The summed E-state index contributed by atoms with van der Waals surface area (Å²) < 4.78 is 26.2. The van der Waals surface area contributed by atoms with Crippen molar-refractivity contribution >= 4 is 28.8 Å². The number of carbonyl (C=O) groups excluding carboxylic acids is 1. The van der Waals surface area contributed by atoms with E-state index in [1.54, 1.807) is 18.2 Å².